The molecule has 0 saturated heterocycles. The quantitative estimate of drug-likeness (QED) is 0.442. The van der Waals surface area contributed by atoms with Crippen molar-refractivity contribution in [3.05, 3.63) is 74.9 Å². The van der Waals surface area contributed by atoms with Crippen LogP contribution in [0.3, 0.4) is 0 Å². The number of hydrogen-bond acceptors (Lipinski definition) is 4. The van der Waals surface area contributed by atoms with Crippen LogP contribution in [0, 0.1) is 6.92 Å². The molecule has 0 aliphatic heterocycles. The second-order valence-corrected chi connectivity index (χ2v) is 6.85. The van der Waals surface area contributed by atoms with Crippen molar-refractivity contribution in [3.8, 4) is 17.1 Å². The maximum Gasteiger partial charge on any atom is 0.275 e. The number of amides is 1. The first-order valence-electron chi connectivity index (χ1n) is 7.62. The Balaban J connectivity index is 1.70. The monoisotopic (exact) mass is 432 g/mol. The van der Waals surface area contributed by atoms with Crippen LogP contribution in [0.1, 0.15) is 21.7 Å². The maximum absolute atomic E-state index is 12.1. The van der Waals surface area contributed by atoms with Crippen LogP contribution in [0.4, 0.5) is 0 Å². The van der Waals surface area contributed by atoms with Gasteiger partial charge >= 0.3 is 0 Å². The number of phenols is 1. The summed E-state index contributed by atoms with van der Waals surface area (Å²) in [5, 5.41) is 14.2. The van der Waals surface area contributed by atoms with E-state index in [1.807, 2.05) is 25.1 Å². The molecule has 1 heterocycles. The molecule has 1 aromatic heterocycles. The molecule has 2 aromatic carbocycles. The first-order valence-corrected chi connectivity index (χ1v) is 8.79. The van der Waals surface area contributed by atoms with E-state index in [0.717, 1.165) is 11.1 Å². The van der Waals surface area contributed by atoms with Gasteiger partial charge in [0.1, 0.15) is 17.3 Å². The lowest BCUT2D eigenvalue weighted by atomic mass is 10.1. The molecule has 132 valence electrons. The maximum atomic E-state index is 12.1. The van der Waals surface area contributed by atoms with Gasteiger partial charge in [0.25, 0.3) is 5.91 Å². The molecule has 0 spiro atoms. The van der Waals surface area contributed by atoms with Crippen LogP contribution in [0.25, 0.3) is 11.3 Å². The SMILES string of the molecule is Cc1ccc(-c2ccc(/C=N/NC(=O)c3cc(Br)ccc3O)o2)cc1Cl. The molecule has 2 N–H and O–H groups in total. The molecule has 0 saturated carbocycles. The summed E-state index contributed by atoms with van der Waals surface area (Å²) < 4.78 is 6.36. The van der Waals surface area contributed by atoms with Gasteiger partial charge in [0, 0.05) is 15.1 Å². The summed E-state index contributed by atoms with van der Waals surface area (Å²) in [7, 11) is 0. The van der Waals surface area contributed by atoms with E-state index in [1.54, 1.807) is 18.2 Å². The third-order valence-electron chi connectivity index (χ3n) is 3.64. The van der Waals surface area contributed by atoms with Crippen LogP contribution in [-0.4, -0.2) is 17.2 Å². The van der Waals surface area contributed by atoms with E-state index in [4.69, 9.17) is 16.0 Å². The van der Waals surface area contributed by atoms with Gasteiger partial charge in [-0.3, -0.25) is 4.79 Å². The van der Waals surface area contributed by atoms with Gasteiger partial charge in [-0.2, -0.15) is 5.10 Å². The molecule has 0 unspecified atom stereocenters. The van der Waals surface area contributed by atoms with Gasteiger partial charge in [-0.25, -0.2) is 5.43 Å². The highest BCUT2D eigenvalue weighted by molar-refractivity contribution is 9.10. The number of furan rings is 1. The Hall–Kier alpha value is -2.57. The van der Waals surface area contributed by atoms with Gasteiger partial charge in [-0.1, -0.05) is 39.7 Å². The molecule has 26 heavy (non-hydrogen) atoms. The van der Waals surface area contributed by atoms with E-state index in [2.05, 4.69) is 26.5 Å². The van der Waals surface area contributed by atoms with E-state index in [-0.39, 0.29) is 11.3 Å². The van der Waals surface area contributed by atoms with Crippen molar-refractivity contribution in [2.75, 3.05) is 0 Å². The lowest BCUT2D eigenvalue weighted by Crippen LogP contribution is -2.17. The predicted octanol–water partition coefficient (Wildman–Crippen LogP) is 5.14. The topological polar surface area (TPSA) is 74.8 Å². The zero-order valence-corrected chi connectivity index (χ0v) is 16.0. The van der Waals surface area contributed by atoms with E-state index >= 15 is 0 Å². The van der Waals surface area contributed by atoms with Crippen LogP contribution in [0.2, 0.25) is 5.02 Å². The minimum atomic E-state index is -0.530. The van der Waals surface area contributed by atoms with E-state index in [9.17, 15) is 9.90 Å². The van der Waals surface area contributed by atoms with Crippen molar-refractivity contribution in [2.45, 2.75) is 6.92 Å². The smallest absolute Gasteiger partial charge is 0.275 e. The number of carbonyl (C=O) groups excluding carboxylic acids is 1. The number of phenolic OH excluding ortho intramolecular Hbond substituents is 1. The molecule has 0 radical (unpaired) electrons. The molecule has 0 aliphatic rings. The second kappa shape index (κ2) is 7.76. The first kappa shape index (κ1) is 18.2. The minimum Gasteiger partial charge on any atom is -0.507 e. The average molecular weight is 434 g/mol. The molecule has 0 bridgehead atoms. The normalized spacial score (nSPS) is 11.0. The second-order valence-electron chi connectivity index (χ2n) is 5.53. The number of hydrazone groups is 1. The molecule has 0 atom stereocenters. The van der Waals surface area contributed by atoms with Crippen molar-refractivity contribution in [3.63, 3.8) is 0 Å². The minimum absolute atomic E-state index is 0.117. The molecule has 3 rings (SSSR count). The Labute approximate surface area is 163 Å². The molecule has 0 fully saturated rings. The van der Waals surface area contributed by atoms with E-state index in [1.165, 1.54) is 18.3 Å². The van der Waals surface area contributed by atoms with E-state index in [0.29, 0.717) is 21.0 Å². The Morgan fingerprint density at radius 2 is 2.04 bits per heavy atom. The number of rotatable bonds is 4. The van der Waals surface area contributed by atoms with Crippen LogP contribution >= 0.6 is 27.5 Å². The predicted molar refractivity (Wildman–Crippen MR) is 105 cm³/mol. The van der Waals surface area contributed by atoms with Crippen molar-refractivity contribution >= 4 is 39.7 Å². The fourth-order valence-corrected chi connectivity index (χ4v) is 2.77. The standard InChI is InChI=1S/C19H14BrClN2O3/c1-11-2-3-12(8-16(11)21)18-7-5-14(26-18)10-22-23-19(25)15-9-13(20)4-6-17(15)24/h2-10,24H,1H3,(H,23,25)/b22-10+. The largest absolute Gasteiger partial charge is 0.507 e. The van der Waals surface area contributed by atoms with Crippen LogP contribution in [0.5, 0.6) is 5.75 Å². The Bertz CT molecular complexity index is 998. The highest BCUT2D eigenvalue weighted by Crippen LogP contribution is 2.26. The molecule has 0 aliphatic carbocycles. The van der Waals surface area contributed by atoms with Crippen molar-refractivity contribution < 1.29 is 14.3 Å². The summed E-state index contributed by atoms with van der Waals surface area (Å²) in [6.45, 7) is 1.93. The number of nitrogens with one attached hydrogen (secondary N) is 1. The highest BCUT2D eigenvalue weighted by atomic mass is 79.9. The summed E-state index contributed by atoms with van der Waals surface area (Å²) in [5.41, 5.74) is 4.30. The fourth-order valence-electron chi connectivity index (χ4n) is 2.23. The molecule has 3 aromatic rings. The summed E-state index contributed by atoms with van der Waals surface area (Å²) in [6.07, 6.45) is 1.38. The average Bonchev–Trinajstić information content (AvgIpc) is 3.08. The summed E-state index contributed by atoms with van der Waals surface area (Å²) in [6, 6.07) is 13.8. The van der Waals surface area contributed by atoms with Crippen LogP contribution in [-0.2, 0) is 0 Å². The van der Waals surface area contributed by atoms with Crippen molar-refractivity contribution in [2.24, 2.45) is 5.10 Å². The van der Waals surface area contributed by atoms with Gasteiger partial charge in [0.15, 0.2) is 0 Å². The van der Waals surface area contributed by atoms with Gasteiger partial charge in [0.2, 0.25) is 0 Å². The van der Waals surface area contributed by atoms with Gasteiger partial charge in [0.05, 0.1) is 11.8 Å². The molecule has 7 heteroatoms. The summed E-state index contributed by atoms with van der Waals surface area (Å²) in [4.78, 5) is 12.1. The number of carbonyl (C=O) groups is 1. The number of halogens is 2. The number of aryl methyl sites for hydroxylation is 1. The number of aromatic hydroxyl groups is 1. The summed E-state index contributed by atoms with van der Waals surface area (Å²) in [5.74, 6) is 0.453. The highest BCUT2D eigenvalue weighted by Gasteiger charge is 2.11. The van der Waals surface area contributed by atoms with Gasteiger partial charge < -0.3 is 9.52 Å². The first-order chi connectivity index (χ1) is 12.4. The zero-order chi connectivity index (χ0) is 18.7. The zero-order valence-electron chi connectivity index (χ0n) is 13.7. The van der Waals surface area contributed by atoms with Crippen LogP contribution < -0.4 is 5.43 Å². The van der Waals surface area contributed by atoms with Gasteiger partial charge in [-0.15, -0.1) is 0 Å². The molecule has 1 amide bonds. The number of hydrogen-bond donors (Lipinski definition) is 2. The Morgan fingerprint density at radius 1 is 1.23 bits per heavy atom. The third-order valence-corrected chi connectivity index (χ3v) is 4.54. The lowest BCUT2D eigenvalue weighted by Gasteiger charge is -2.03. The van der Waals surface area contributed by atoms with Crippen LogP contribution in [0.15, 0.2) is 62.5 Å². The van der Waals surface area contributed by atoms with E-state index < -0.39 is 5.91 Å². The molecular weight excluding hydrogens is 420 g/mol. The number of benzene rings is 2. The number of nitrogens with zero attached hydrogens (tertiary/aromatic N) is 1. The van der Waals surface area contributed by atoms with Crippen molar-refractivity contribution in [1.82, 2.24) is 5.43 Å². The van der Waals surface area contributed by atoms with Crippen molar-refractivity contribution in [1.29, 1.82) is 0 Å². The fraction of sp³-hybridized carbons (Fsp3) is 0.0526. The summed E-state index contributed by atoms with van der Waals surface area (Å²) >= 11 is 9.38. The Morgan fingerprint density at radius 3 is 2.81 bits per heavy atom. The molecule has 5 nitrogen and oxygen atoms in total. The Kier molecular flexibility index (Phi) is 5.44. The van der Waals surface area contributed by atoms with Gasteiger partial charge in [-0.05, 0) is 48.9 Å². The lowest BCUT2D eigenvalue weighted by molar-refractivity contribution is 0.0952. The third kappa shape index (κ3) is 4.15. The molecular formula is C19H14BrClN2O3.